The van der Waals surface area contributed by atoms with Gasteiger partial charge >= 0.3 is 0 Å². The fraction of sp³-hybridized carbons (Fsp3) is 1.00. The lowest BCUT2D eigenvalue weighted by atomic mass is 10.2. The SMILES string of the molecule is CS(=O)(=O)CS(=O)(=O)NCCC1CCCN1. The minimum atomic E-state index is -3.70. The van der Waals surface area contributed by atoms with Gasteiger partial charge in [-0.25, -0.2) is 21.6 Å². The molecule has 16 heavy (non-hydrogen) atoms. The maximum atomic E-state index is 11.3. The zero-order chi connectivity index (χ0) is 12.2. The number of hydrogen-bond donors (Lipinski definition) is 2. The van der Waals surface area contributed by atoms with Crippen LogP contribution < -0.4 is 10.0 Å². The Balaban J connectivity index is 2.30. The molecule has 1 fully saturated rings. The van der Waals surface area contributed by atoms with Gasteiger partial charge in [0.2, 0.25) is 10.0 Å². The van der Waals surface area contributed by atoms with Crippen LogP contribution in [0.1, 0.15) is 19.3 Å². The molecule has 1 rings (SSSR count). The molecular formula is C8H18N2O4S2. The lowest BCUT2D eigenvalue weighted by molar-refractivity contribution is 0.540. The number of rotatable bonds is 6. The summed E-state index contributed by atoms with van der Waals surface area (Å²) in [7, 11) is -7.19. The highest BCUT2D eigenvalue weighted by molar-refractivity contribution is 8.06. The molecule has 96 valence electrons. The van der Waals surface area contributed by atoms with Gasteiger partial charge in [-0.3, -0.25) is 0 Å². The molecule has 0 spiro atoms. The highest BCUT2D eigenvalue weighted by atomic mass is 32.3. The van der Waals surface area contributed by atoms with Crippen LogP contribution in [0, 0.1) is 0 Å². The van der Waals surface area contributed by atoms with Gasteiger partial charge in [0.1, 0.15) is 0 Å². The summed E-state index contributed by atoms with van der Waals surface area (Å²) in [6, 6.07) is 0.348. The predicted octanol–water partition coefficient (Wildman–Crippen LogP) is -0.950. The van der Waals surface area contributed by atoms with Crippen molar-refractivity contribution in [3.05, 3.63) is 0 Å². The molecule has 0 amide bonds. The average Bonchev–Trinajstić information content (AvgIpc) is 2.51. The maximum absolute atomic E-state index is 11.3. The van der Waals surface area contributed by atoms with Crippen molar-refractivity contribution in [3.8, 4) is 0 Å². The molecule has 0 aromatic heterocycles. The molecule has 0 aliphatic carbocycles. The van der Waals surface area contributed by atoms with Crippen LogP contribution in [0.2, 0.25) is 0 Å². The molecule has 1 unspecified atom stereocenters. The third-order valence-electron chi connectivity index (χ3n) is 2.35. The molecule has 0 radical (unpaired) electrons. The molecular weight excluding hydrogens is 252 g/mol. The van der Waals surface area contributed by atoms with Crippen molar-refractivity contribution in [3.63, 3.8) is 0 Å². The van der Waals surface area contributed by atoms with Crippen LogP contribution in [-0.2, 0) is 19.9 Å². The first-order chi connectivity index (χ1) is 7.29. The van der Waals surface area contributed by atoms with Crippen molar-refractivity contribution in [2.24, 2.45) is 0 Å². The number of sulfonamides is 1. The van der Waals surface area contributed by atoms with E-state index >= 15 is 0 Å². The van der Waals surface area contributed by atoms with E-state index in [-0.39, 0.29) is 6.54 Å². The standard InChI is InChI=1S/C8H18N2O4S2/c1-15(11,12)7-16(13,14)10-6-4-8-3-2-5-9-8/h8-10H,2-7H2,1H3. The zero-order valence-corrected chi connectivity index (χ0v) is 10.9. The molecule has 6 nitrogen and oxygen atoms in total. The molecule has 8 heteroatoms. The molecule has 1 heterocycles. The lowest BCUT2D eigenvalue weighted by Crippen LogP contribution is -2.33. The first-order valence-electron chi connectivity index (χ1n) is 5.17. The summed E-state index contributed by atoms with van der Waals surface area (Å²) in [6.45, 7) is 1.26. The Morgan fingerprint density at radius 1 is 1.31 bits per heavy atom. The van der Waals surface area contributed by atoms with E-state index in [1.54, 1.807) is 0 Å². The van der Waals surface area contributed by atoms with Crippen molar-refractivity contribution in [2.45, 2.75) is 25.3 Å². The van der Waals surface area contributed by atoms with Crippen LogP contribution >= 0.6 is 0 Å². The lowest BCUT2D eigenvalue weighted by Gasteiger charge is -2.10. The van der Waals surface area contributed by atoms with Gasteiger partial charge in [0.15, 0.2) is 14.9 Å². The normalized spacial score (nSPS) is 22.4. The third kappa shape index (κ3) is 5.78. The summed E-state index contributed by atoms with van der Waals surface area (Å²) in [5.74, 6) is 0. The van der Waals surface area contributed by atoms with Crippen molar-refractivity contribution in [1.82, 2.24) is 10.0 Å². The van der Waals surface area contributed by atoms with Crippen LogP contribution in [0.4, 0.5) is 0 Å². The predicted molar refractivity (Wildman–Crippen MR) is 62.3 cm³/mol. The topological polar surface area (TPSA) is 92.3 Å². The van der Waals surface area contributed by atoms with Crippen molar-refractivity contribution >= 4 is 19.9 Å². The number of nitrogens with one attached hydrogen (secondary N) is 2. The summed E-state index contributed by atoms with van der Waals surface area (Å²) in [5, 5.41) is 2.40. The Morgan fingerprint density at radius 2 is 2.00 bits per heavy atom. The van der Waals surface area contributed by atoms with Crippen LogP contribution in [0.15, 0.2) is 0 Å². The Morgan fingerprint density at radius 3 is 2.50 bits per heavy atom. The highest BCUT2D eigenvalue weighted by Crippen LogP contribution is 2.07. The van der Waals surface area contributed by atoms with E-state index in [0.29, 0.717) is 12.5 Å². The summed E-state index contributed by atoms with van der Waals surface area (Å²) in [5.41, 5.74) is 0. The molecule has 1 saturated heterocycles. The summed E-state index contributed by atoms with van der Waals surface area (Å²) in [4.78, 5) is 0. The molecule has 2 N–H and O–H groups in total. The second-order valence-corrected chi connectivity index (χ2v) is 8.45. The van der Waals surface area contributed by atoms with Gasteiger partial charge in [-0.05, 0) is 25.8 Å². The summed E-state index contributed by atoms with van der Waals surface area (Å²) >= 11 is 0. The van der Waals surface area contributed by atoms with Gasteiger partial charge in [0.25, 0.3) is 0 Å². The molecule has 0 bridgehead atoms. The van der Waals surface area contributed by atoms with Gasteiger partial charge < -0.3 is 5.32 Å². The second-order valence-electron chi connectivity index (χ2n) is 4.13. The van der Waals surface area contributed by atoms with Crippen LogP contribution in [-0.4, -0.2) is 47.3 Å². The van der Waals surface area contributed by atoms with Gasteiger partial charge in [-0.2, -0.15) is 0 Å². The summed E-state index contributed by atoms with van der Waals surface area (Å²) in [6.07, 6.45) is 3.77. The monoisotopic (exact) mass is 270 g/mol. The van der Waals surface area contributed by atoms with Crippen molar-refractivity contribution in [1.29, 1.82) is 0 Å². The van der Waals surface area contributed by atoms with Gasteiger partial charge in [0, 0.05) is 18.8 Å². The molecule has 1 aliphatic rings. The Hall–Kier alpha value is -0.180. The second kappa shape index (κ2) is 5.44. The fourth-order valence-corrected chi connectivity index (χ4v) is 4.73. The molecule has 0 aromatic carbocycles. The fourth-order valence-electron chi connectivity index (χ4n) is 1.72. The van der Waals surface area contributed by atoms with E-state index in [0.717, 1.165) is 25.6 Å². The van der Waals surface area contributed by atoms with E-state index in [1.807, 2.05) is 0 Å². The Bertz CT molecular complexity index is 409. The van der Waals surface area contributed by atoms with Crippen LogP contribution in [0.3, 0.4) is 0 Å². The first-order valence-corrected chi connectivity index (χ1v) is 8.88. The van der Waals surface area contributed by atoms with E-state index in [2.05, 4.69) is 10.0 Å². The van der Waals surface area contributed by atoms with E-state index in [1.165, 1.54) is 0 Å². The van der Waals surface area contributed by atoms with Crippen LogP contribution in [0.5, 0.6) is 0 Å². The first kappa shape index (κ1) is 13.9. The minimum absolute atomic E-state index is 0.287. The zero-order valence-electron chi connectivity index (χ0n) is 9.27. The number of sulfone groups is 1. The Kier molecular flexibility index (Phi) is 4.72. The van der Waals surface area contributed by atoms with Crippen LogP contribution in [0.25, 0.3) is 0 Å². The highest BCUT2D eigenvalue weighted by Gasteiger charge is 2.19. The largest absolute Gasteiger partial charge is 0.314 e. The van der Waals surface area contributed by atoms with E-state index < -0.39 is 24.9 Å². The molecule has 0 aromatic rings. The van der Waals surface area contributed by atoms with Crippen molar-refractivity contribution < 1.29 is 16.8 Å². The maximum Gasteiger partial charge on any atom is 0.226 e. The molecule has 1 aliphatic heterocycles. The average molecular weight is 270 g/mol. The third-order valence-corrected chi connectivity index (χ3v) is 5.94. The van der Waals surface area contributed by atoms with Gasteiger partial charge in [0.05, 0.1) is 0 Å². The minimum Gasteiger partial charge on any atom is -0.314 e. The quantitative estimate of drug-likeness (QED) is 0.649. The molecule has 0 saturated carbocycles. The van der Waals surface area contributed by atoms with E-state index in [4.69, 9.17) is 0 Å². The molecule has 1 atom stereocenters. The summed E-state index contributed by atoms with van der Waals surface area (Å²) < 4.78 is 46.6. The van der Waals surface area contributed by atoms with E-state index in [9.17, 15) is 16.8 Å². The van der Waals surface area contributed by atoms with Crippen molar-refractivity contribution in [2.75, 3.05) is 24.4 Å². The Labute approximate surface area is 96.8 Å². The van der Waals surface area contributed by atoms with Gasteiger partial charge in [-0.15, -0.1) is 0 Å². The smallest absolute Gasteiger partial charge is 0.226 e. The van der Waals surface area contributed by atoms with Gasteiger partial charge in [-0.1, -0.05) is 0 Å². The number of hydrogen-bond acceptors (Lipinski definition) is 5.